The van der Waals surface area contributed by atoms with E-state index in [2.05, 4.69) is 0 Å². The van der Waals surface area contributed by atoms with Gasteiger partial charge in [0.1, 0.15) is 0 Å². The summed E-state index contributed by atoms with van der Waals surface area (Å²) in [5.41, 5.74) is 5.77. The molecule has 1 aromatic rings. The lowest BCUT2D eigenvalue weighted by Crippen LogP contribution is -2.39. The van der Waals surface area contributed by atoms with Crippen molar-refractivity contribution >= 4 is 11.6 Å². The van der Waals surface area contributed by atoms with Crippen LogP contribution in [-0.2, 0) is 0 Å². The standard InChI is InChI=1S/C14H19N3O4/c1-2-21-13-6-5-10(8-12(13)17(19)20)14(18)16-7-3-4-11(16)9-15/h5-6,8,11H,2-4,7,9,15H2,1H3. The van der Waals surface area contributed by atoms with Crippen LogP contribution in [0.1, 0.15) is 30.1 Å². The summed E-state index contributed by atoms with van der Waals surface area (Å²) < 4.78 is 5.21. The minimum Gasteiger partial charge on any atom is -0.487 e. The van der Waals surface area contributed by atoms with Crippen molar-refractivity contribution in [2.45, 2.75) is 25.8 Å². The van der Waals surface area contributed by atoms with Crippen molar-refractivity contribution in [3.63, 3.8) is 0 Å². The number of benzene rings is 1. The molecule has 0 bridgehead atoms. The molecule has 114 valence electrons. The summed E-state index contributed by atoms with van der Waals surface area (Å²) in [5, 5.41) is 11.1. The first-order valence-electron chi connectivity index (χ1n) is 7.00. The van der Waals surface area contributed by atoms with Gasteiger partial charge in [-0.2, -0.15) is 0 Å². The Morgan fingerprint density at radius 3 is 2.95 bits per heavy atom. The summed E-state index contributed by atoms with van der Waals surface area (Å²) in [4.78, 5) is 24.7. The van der Waals surface area contributed by atoms with Gasteiger partial charge in [-0.25, -0.2) is 0 Å². The van der Waals surface area contributed by atoms with E-state index in [1.165, 1.54) is 12.1 Å². The number of nitrogens with zero attached hydrogens (tertiary/aromatic N) is 2. The van der Waals surface area contributed by atoms with Crippen LogP contribution in [0.5, 0.6) is 5.75 Å². The molecule has 1 aliphatic heterocycles. The van der Waals surface area contributed by atoms with E-state index in [9.17, 15) is 14.9 Å². The highest BCUT2D eigenvalue weighted by molar-refractivity contribution is 5.95. The Morgan fingerprint density at radius 2 is 2.33 bits per heavy atom. The molecule has 1 amide bonds. The number of nitrogens with two attached hydrogens (primary N) is 1. The van der Waals surface area contributed by atoms with E-state index >= 15 is 0 Å². The van der Waals surface area contributed by atoms with Crippen LogP contribution in [0.3, 0.4) is 0 Å². The normalized spacial score (nSPS) is 17.8. The Labute approximate surface area is 122 Å². The fraction of sp³-hybridized carbons (Fsp3) is 0.500. The monoisotopic (exact) mass is 293 g/mol. The first kappa shape index (κ1) is 15.2. The summed E-state index contributed by atoms with van der Waals surface area (Å²) in [7, 11) is 0. The lowest BCUT2D eigenvalue weighted by Gasteiger charge is -2.23. The lowest BCUT2D eigenvalue weighted by atomic mass is 10.1. The van der Waals surface area contributed by atoms with Crippen molar-refractivity contribution in [2.75, 3.05) is 19.7 Å². The average molecular weight is 293 g/mol. The molecule has 7 heteroatoms. The molecule has 2 rings (SSSR count). The smallest absolute Gasteiger partial charge is 0.311 e. The maximum Gasteiger partial charge on any atom is 0.311 e. The zero-order valence-electron chi connectivity index (χ0n) is 11.9. The molecule has 1 heterocycles. The van der Waals surface area contributed by atoms with Crippen molar-refractivity contribution in [2.24, 2.45) is 5.73 Å². The van der Waals surface area contributed by atoms with Gasteiger partial charge >= 0.3 is 5.69 Å². The quantitative estimate of drug-likeness (QED) is 0.656. The first-order valence-corrected chi connectivity index (χ1v) is 7.00. The summed E-state index contributed by atoms with van der Waals surface area (Å²) in [6.45, 7) is 3.13. The molecule has 2 N–H and O–H groups in total. The summed E-state index contributed by atoms with van der Waals surface area (Å²) in [5.74, 6) is -0.0371. The molecule has 1 saturated heterocycles. The topological polar surface area (TPSA) is 98.7 Å². The van der Waals surface area contributed by atoms with Crippen LogP contribution >= 0.6 is 0 Å². The van der Waals surface area contributed by atoms with Gasteiger partial charge in [0.2, 0.25) is 0 Å². The minimum atomic E-state index is -0.536. The molecule has 0 aliphatic carbocycles. The lowest BCUT2D eigenvalue weighted by molar-refractivity contribution is -0.385. The van der Waals surface area contributed by atoms with Crippen LogP contribution in [0.15, 0.2) is 18.2 Å². The molecule has 1 aromatic carbocycles. The third-order valence-electron chi connectivity index (χ3n) is 3.61. The van der Waals surface area contributed by atoms with Gasteiger partial charge in [-0.3, -0.25) is 14.9 Å². The molecular formula is C14H19N3O4. The largest absolute Gasteiger partial charge is 0.487 e. The molecule has 1 aliphatic rings. The molecule has 1 atom stereocenters. The number of nitro benzene ring substituents is 1. The van der Waals surface area contributed by atoms with Crippen LogP contribution in [-0.4, -0.2) is 41.5 Å². The number of hydrogen-bond donors (Lipinski definition) is 1. The number of ether oxygens (including phenoxy) is 1. The van der Waals surface area contributed by atoms with Gasteiger partial charge in [-0.05, 0) is 31.9 Å². The average Bonchev–Trinajstić information content (AvgIpc) is 2.95. The Hall–Kier alpha value is -2.15. The van der Waals surface area contributed by atoms with E-state index < -0.39 is 4.92 Å². The van der Waals surface area contributed by atoms with Crippen molar-refractivity contribution in [1.29, 1.82) is 0 Å². The molecule has 0 aromatic heterocycles. The van der Waals surface area contributed by atoms with Gasteiger partial charge in [0.15, 0.2) is 5.75 Å². The van der Waals surface area contributed by atoms with E-state index in [4.69, 9.17) is 10.5 Å². The van der Waals surface area contributed by atoms with Crippen LogP contribution in [0.4, 0.5) is 5.69 Å². The maximum atomic E-state index is 12.5. The van der Waals surface area contributed by atoms with E-state index in [0.717, 1.165) is 12.8 Å². The third-order valence-corrected chi connectivity index (χ3v) is 3.61. The number of rotatable bonds is 5. The zero-order chi connectivity index (χ0) is 15.4. The van der Waals surface area contributed by atoms with Crippen molar-refractivity contribution in [1.82, 2.24) is 4.90 Å². The second kappa shape index (κ2) is 6.53. The van der Waals surface area contributed by atoms with Crippen LogP contribution in [0.2, 0.25) is 0 Å². The third kappa shape index (κ3) is 3.13. The van der Waals surface area contributed by atoms with E-state index in [1.54, 1.807) is 17.9 Å². The van der Waals surface area contributed by atoms with Gasteiger partial charge in [0.05, 0.1) is 11.5 Å². The molecule has 1 fully saturated rings. The molecular weight excluding hydrogens is 274 g/mol. The highest BCUT2D eigenvalue weighted by atomic mass is 16.6. The van der Waals surface area contributed by atoms with E-state index in [-0.39, 0.29) is 23.4 Å². The van der Waals surface area contributed by atoms with Gasteiger partial charge in [-0.15, -0.1) is 0 Å². The number of nitro groups is 1. The van der Waals surface area contributed by atoms with Gasteiger partial charge in [0, 0.05) is 30.8 Å². The number of amides is 1. The highest BCUT2D eigenvalue weighted by Crippen LogP contribution is 2.29. The minimum absolute atomic E-state index is 0.0168. The van der Waals surface area contributed by atoms with Gasteiger partial charge < -0.3 is 15.4 Å². The van der Waals surface area contributed by atoms with E-state index in [1.807, 2.05) is 0 Å². The summed E-state index contributed by atoms with van der Waals surface area (Å²) in [6, 6.07) is 4.33. The fourth-order valence-corrected chi connectivity index (χ4v) is 2.58. The first-order chi connectivity index (χ1) is 10.1. The summed E-state index contributed by atoms with van der Waals surface area (Å²) >= 11 is 0. The SMILES string of the molecule is CCOc1ccc(C(=O)N2CCCC2CN)cc1[N+](=O)[O-]. The molecule has 0 saturated carbocycles. The second-order valence-electron chi connectivity index (χ2n) is 4.90. The molecule has 0 spiro atoms. The fourth-order valence-electron chi connectivity index (χ4n) is 2.58. The number of carbonyl (C=O) groups excluding carboxylic acids is 1. The van der Waals surface area contributed by atoms with Crippen LogP contribution < -0.4 is 10.5 Å². The Kier molecular flexibility index (Phi) is 4.74. The Balaban J connectivity index is 2.29. The van der Waals surface area contributed by atoms with E-state index in [0.29, 0.717) is 25.3 Å². The number of hydrogen-bond acceptors (Lipinski definition) is 5. The maximum absolute atomic E-state index is 12.5. The van der Waals surface area contributed by atoms with Crippen molar-refractivity contribution in [3.8, 4) is 5.75 Å². The van der Waals surface area contributed by atoms with Crippen LogP contribution in [0.25, 0.3) is 0 Å². The molecule has 0 radical (unpaired) electrons. The summed E-state index contributed by atoms with van der Waals surface area (Å²) in [6.07, 6.45) is 1.79. The Bertz CT molecular complexity index is 547. The second-order valence-corrected chi connectivity index (χ2v) is 4.90. The van der Waals surface area contributed by atoms with Crippen molar-refractivity contribution in [3.05, 3.63) is 33.9 Å². The van der Waals surface area contributed by atoms with Crippen molar-refractivity contribution < 1.29 is 14.5 Å². The van der Waals surface area contributed by atoms with Gasteiger partial charge in [-0.1, -0.05) is 0 Å². The highest BCUT2D eigenvalue weighted by Gasteiger charge is 2.29. The van der Waals surface area contributed by atoms with Gasteiger partial charge in [0.25, 0.3) is 5.91 Å². The molecule has 21 heavy (non-hydrogen) atoms. The Morgan fingerprint density at radius 1 is 1.57 bits per heavy atom. The predicted molar refractivity (Wildman–Crippen MR) is 77.4 cm³/mol. The molecule has 1 unspecified atom stereocenters. The van der Waals surface area contributed by atoms with Crippen LogP contribution in [0, 0.1) is 10.1 Å². The number of carbonyl (C=O) groups is 1. The molecule has 7 nitrogen and oxygen atoms in total. The number of likely N-dealkylation sites (tertiary alicyclic amines) is 1. The zero-order valence-corrected chi connectivity index (χ0v) is 11.9. The predicted octanol–water partition coefficient (Wildman–Crippen LogP) is 1.56.